The van der Waals surface area contributed by atoms with Crippen molar-refractivity contribution in [2.75, 3.05) is 14.2 Å². The van der Waals surface area contributed by atoms with E-state index >= 15 is 0 Å². The minimum Gasteiger partial charge on any atom is -0.497 e. The molecule has 2 aromatic carbocycles. The number of carbonyl (C=O) groups is 1. The zero-order valence-corrected chi connectivity index (χ0v) is 14.9. The maximum absolute atomic E-state index is 12.4. The molecule has 0 fully saturated rings. The van der Waals surface area contributed by atoms with Crippen LogP contribution in [0, 0.1) is 0 Å². The van der Waals surface area contributed by atoms with Crippen molar-refractivity contribution in [1.82, 2.24) is 5.32 Å². The van der Waals surface area contributed by atoms with Gasteiger partial charge >= 0.3 is 0 Å². The predicted octanol–water partition coefficient (Wildman–Crippen LogP) is 3.83. The summed E-state index contributed by atoms with van der Waals surface area (Å²) in [6.45, 7) is 0. The summed E-state index contributed by atoms with van der Waals surface area (Å²) in [7, 11) is 3.26. The molecule has 4 nitrogen and oxygen atoms in total. The topological polar surface area (TPSA) is 47.6 Å². The van der Waals surface area contributed by atoms with Gasteiger partial charge in [0.2, 0.25) is 5.91 Å². The normalized spacial score (nSPS) is 16.0. The number of methoxy groups -OCH3 is 2. The van der Waals surface area contributed by atoms with Crippen molar-refractivity contribution in [3.63, 3.8) is 0 Å². The summed E-state index contributed by atoms with van der Waals surface area (Å²) in [5.41, 5.74) is 3.66. The first kappa shape index (κ1) is 17.3. The maximum Gasteiger partial charge on any atom is 0.220 e. The molecule has 2 aromatic rings. The lowest BCUT2D eigenvalue weighted by atomic mass is 9.87. The van der Waals surface area contributed by atoms with Crippen LogP contribution >= 0.6 is 0 Å². The lowest BCUT2D eigenvalue weighted by Gasteiger charge is -2.26. The number of amides is 1. The molecular formula is C21H25NO3. The highest BCUT2D eigenvalue weighted by Crippen LogP contribution is 2.29. The SMILES string of the molecule is COc1cc(CCC(=O)NC2CCCc3ccccc32)cc(OC)c1. The molecule has 1 aliphatic carbocycles. The average Bonchev–Trinajstić information content (AvgIpc) is 2.66. The van der Waals surface area contributed by atoms with Gasteiger partial charge in [0.05, 0.1) is 20.3 Å². The number of aryl methyl sites for hydroxylation is 2. The third-order valence-corrected chi connectivity index (χ3v) is 4.76. The van der Waals surface area contributed by atoms with Crippen molar-refractivity contribution in [2.24, 2.45) is 0 Å². The molecule has 1 unspecified atom stereocenters. The molecule has 1 atom stereocenters. The standard InChI is InChI=1S/C21H25NO3/c1-24-17-12-15(13-18(14-17)25-2)10-11-21(23)22-20-9-5-7-16-6-3-4-8-19(16)20/h3-4,6,8,12-14,20H,5,7,9-11H2,1-2H3,(H,22,23). The molecule has 1 amide bonds. The van der Waals surface area contributed by atoms with Gasteiger partial charge in [-0.3, -0.25) is 4.79 Å². The Kier molecular flexibility index (Phi) is 5.59. The summed E-state index contributed by atoms with van der Waals surface area (Å²) in [6, 6.07) is 14.3. The summed E-state index contributed by atoms with van der Waals surface area (Å²) in [4.78, 5) is 12.4. The van der Waals surface area contributed by atoms with Crippen molar-refractivity contribution < 1.29 is 14.3 Å². The number of benzene rings is 2. The molecule has 1 N–H and O–H groups in total. The van der Waals surface area contributed by atoms with Crippen LogP contribution in [-0.2, 0) is 17.6 Å². The van der Waals surface area contributed by atoms with Gasteiger partial charge in [0.25, 0.3) is 0 Å². The molecule has 4 heteroatoms. The maximum atomic E-state index is 12.4. The number of ether oxygens (including phenoxy) is 2. The van der Waals surface area contributed by atoms with Crippen molar-refractivity contribution in [1.29, 1.82) is 0 Å². The van der Waals surface area contributed by atoms with Gasteiger partial charge in [-0.25, -0.2) is 0 Å². The zero-order valence-electron chi connectivity index (χ0n) is 14.9. The largest absolute Gasteiger partial charge is 0.497 e. The van der Waals surface area contributed by atoms with Crippen molar-refractivity contribution in [3.05, 3.63) is 59.2 Å². The molecule has 132 valence electrons. The number of fused-ring (bicyclic) bond motifs is 1. The molecule has 0 bridgehead atoms. The molecule has 0 aromatic heterocycles. The lowest BCUT2D eigenvalue weighted by molar-refractivity contribution is -0.121. The third-order valence-electron chi connectivity index (χ3n) is 4.76. The predicted molar refractivity (Wildman–Crippen MR) is 98.1 cm³/mol. The van der Waals surface area contributed by atoms with Crippen LogP contribution in [0.25, 0.3) is 0 Å². The average molecular weight is 339 g/mol. The molecular weight excluding hydrogens is 314 g/mol. The summed E-state index contributed by atoms with van der Waals surface area (Å²) >= 11 is 0. The van der Waals surface area contributed by atoms with Gasteiger partial charge in [-0.1, -0.05) is 24.3 Å². The number of rotatable bonds is 6. The molecule has 0 radical (unpaired) electrons. The summed E-state index contributed by atoms with van der Waals surface area (Å²) in [5, 5.41) is 3.20. The quantitative estimate of drug-likeness (QED) is 0.870. The summed E-state index contributed by atoms with van der Waals surface area (Å²) in [6.07, 6.45) is 4.35. The molecule has 0 saturated carbocycles. The van der Waals surface area contributed by atoms with Crippen LogP contribution in [0.15, 0.2) is 42.5 Å². The Morgan fingerprint density at radius 3 is 2.56 bits per heavy atom. The van der Waals surface area contributed by atoms with Gasteiger partial charge in [-0.2, -0.15) is 0 Å². The van der Waals surface area contributed by atoms with E-state index in [-0.39, 0.29) is 11.9 Å². The molecule has 0 saturated heterocycles. The Morgan fingerprint density at radius 2 is 1.84 bits per heavy atom. The molecule has 0 heterocycles. The Labute approximate surface area is 149 Å². The van der Waals surface area contributed by atoms with Crippen LogP contribution in [0.5, 0.6) is 11.5 Å². The Morgan fingerprint density at radius 1 is 1.12 bits per heavy atom. The van der Waals surface area contributed by atoms with Crippen molar-refractivity contribution in [3.8, 4) is 11.5 Å². The molecule has 1 aliphatic rings. The Bertz CT molecular complexity index is 719. The Hall–Kier alpha value is -2.49. The highest BCUT2D eigenvalue weighted by molar-refractivity contribution is 5.76. The molecule has 25 heavy (non-hydrogen) atoms. The van der Waals surface area contributed by atoms with Crippen molar-refractivity contribution in [2.45, 2.75) is 38.1 Å². The fourth-order valence-corrected chi connectivity index (χ4v) is 3.44. The Balaban J connectivity index is 1.61. The molecule has 0 spiro atoms. The van der Waals surface area contributed by atoms with Crippen molar-refractivity contribution >= 4 is 5.91 Å². The minimum atomic E-state index is 0.0866. The van der Waals surface area contributed by atoms with E-state index < -0.39 is 0 Å². The first-order chi connectivity index (χ1) is 12.2. The number of hydrogen-bond donors (Lipinski definition) is 1. The monoisotopic (exact) mass is 339 g/mol. The van der Waals surface area contributed by atoms with E-state index in [4.69, 9.17) is 9.47 Å². The van der Waals surface area contributed by atoms with E-state index in [0.29, 0.717) is 12.8 Å². The second kappa shape index (κ2) is 8.06. The minimum absolute atomic E-state index is 0.0866. The first-order valence-corrected chi connectivity index (χ1v) is 8.78. The van der Waals surface area contributed by atoms with Gasteiger partial charge in [0.15, 0.2) is 0 Å². The second-order valence-corrected chi connectivity index (χ2v) is 6.43. The van der Waals surface area contributed by atoms with Crippen LogP contribution in [0.4, 0.5) is 0 Å². The fraction of sp³-hybridized carbons (Fsp3) is 0.381. The summed E-state index contributed by atoms with van der Waals surface area (Å²) in [5.74, 6) is 1.58. The van der Waals surface area contributed by atoms with Gasteiger partial charge < -0.3 is 14.8 Å². The van der Waals surface area contributed by atoms with E-state index in [9.17, 15) is 4.79 Å². The third kappa shape index (κ3) is 4.32. The van der Waals surface area contributed by atoms with Crippen LogP contribution in [0.1, 0.15) is 42.0 Å². The number of nitrogens with one attached hydrogen (secondary N) is 1. The molecule has 3 rings (SSSR count). The fourth-order valence-electron chi connectivity index (χ4n) is 3.44. The highest BCUT2D eigenvalue weighted by atomic mass is 16.5. The van der Waals surface area contributed by atoms with E-state index in [1.54, 1.807) is 14.2 Å². The highest BCUT2D eigenvalue weighted by Gasteiger charge is 2.21. The van der Waals surface area contributed by atoms with Gasteiger partial charge in [-0.15, -0.1) is 0 Å². The van der Waals surface area contributed by atoms with Gasteiger partial charge in [-0.05, 0) is 54.5 Å². The van der Waals surface area contributed by atoms with Crippen LogP contribution in [0.2, 0.25) is 0 Å². The zero-order chi connectivity index (χ0) is 17.6. The van der Waals surface area contributed by atoms with E-state index in [0.717, 1.165) is 36.3 Å². The second-order valence-electron chi connectivity index (χ2n) is 6.43. The number of carbonyl (C=O) groups excluding carboxylic acids is 1. The number of hydrogen-bond acceptors (Lipinski definition) is 3. The van der Waals surface area contributed by atoms with Crippen LogP contribution in [-0.4, -0.2) is 20.1 Å². The smallest absolute Gasteiger partial charge is 0.220 e. The van der Waals surface area contributed by atoms with Gasteiger partial charge in [0, 0.05) is 12.5 Å². The van der Waals surface area contributed by atoms with Crippen LogP contribution < -0.4 is 14.8 Å². The molecule has 0 aliphatic heterocycles. The first-order valence-electron chi connectivity index (χ1n) is 8.78. The van der Waals surface area contributed by atoms with E-state index in [2.05, 4.69) is 23.5 Å². The van der Waals surface area contributed by atoms with Gasteiger partial charge in [0.1, 0.15) is 11.5 Å². The lowest BCUT2D eigenvalue weighted by Crippen LogP contribution is -2.31. The van der Waals surface area contributed by atoms with Crippen LogP contribution in [0.3, 0.4) is 0 Å². The summed E-state index contributed by atoms with van der Waals surface area (Å²) < 4.78 is 10.6. The van der Waals surface area contributed by atoms with E-state index in [1.807, 2.05) is 24.3 Å². The van der Waals surface area contributed by atoms with E-state index in [1.165, 1.54) is 11.1 Å².